The fourth-order valence-corrected chi connectivity index (χ4v) is 5.55. The highest BCUT2D eigenvalue weighted by molar-refractivity contribution is 7.92. The molecule has 4 aromatic rings. The van der Waals surface area contributed by atoms with Gasteiger partial charge >= 0.3 is 0 Å². The van der Waals surface area contributed by atoms with E-state index in [0.717, 1.165) is 6.42 Å². The molecule has 2 N–H and O–H groups in total. The summed E-state index contributed by atoms with van der Waals surface area (Å²) in [4.78, 5) is 51.7. The molecule has 2 unspecified atom stereocenters. The molecule has 0 bridgehead atoms. The molecule has 0 fully saturated rings. The van der Waals surface area contributed by atoms with Crippen molar-refractivity contribution in [2.24, 2.45) is 0 Å². The van der Waals surface area contributed by atoms with Crippen molar-refractivity contribution in [3.8, 4) is 0 Å². The lowest BCUT2D eigenvalue weighted by Gasteiger charge is -2.22. The second-order valence-electron chi connectivity index (χ2n) is 9.12. The van der Waals surface area contributed by atoms with Gasteiger partial charge in [-0.05, 0) is 42.8 Å². The minimum Gasteiger partial charge on any atom is -0.434 e. The van der Waals surface area contributed by atoms with Gasteiger partial charge in [0.15, 0.2) is 20.7 Å². The second kappa shape index (κ2) is 13.1. The maximum Gasteiger partial charge on any atom is 0.266 e. The van der Waals surface area contributed by atoms with Gasteiger partial charge in [0.25, 0.3) is 11.8 Å². The Balaban J connectivity index is 1.58. The highest BCUT2D eigenvalue weighted by atomic mass is 32.2. The summed E-state index contributed by atoms with van der Waals surface area (Å²) in [5.41, 5.74) is 1.40. The first-order valence-corrected chi connectivity index (χ1v) is 14.5. The quantitative estimate of drug-likeness (QED) is 0.233. The van der Waals surface area contributed by atoms with Crippen molar-refractivity contribution in [2.45, 2.75) is 43.2 Å². The molecule has 0 radical (unpaired) electrons. The highest BCUT2D eigenvalue weighted by Gasteiger charge is 2.36. The lowest BCUT2D eigenvalue weighted by molar-refractivity contribution is -0.121. The van der Waals surface area contributed by atoms with E-state index in [1.165, 1.54) is 36.8 Å². The summed E-state index contributed by atoms with van der Waals surface area (Å²) in [5, 5.41) is 3.43. The molecule has 2 amide bonds. The summed E-state index contributed by atoms with van der Waals surface area (Å²) in [5.74, 6) is -2.77. The van der Waals surface area contributed by atoms with Crippen LogP contribution >= 0.6 is 0 Å². The molecule has 0 aliphatic heterocycles. The molecule has 0 aliphatic rings. The van der Waals surface area contributed by atoms with Crippen molar-refractivity contribution in [3.63, 3.8) is 0 Å². The first kappa shape index (κ1) is 28.6. The molecule has 3 aromatic heterocycles. The van der Waals surface area contributed by atoms with Gasteiger partial charge in [-0.1, -0.05) is 38.0 Å². The van der Waals surface area contributed by atoms with Crippen LogP contribution in [0.1, 0.15) is 52.9 Å². The lowest BCUT2D eigenvalue weighted by atomic mass is 10.1. The van der Waals surface area contributed by atoms with Gasteiger partial charge < -0.3 is 15.1 Å². The number of rotatable bonds is 13. The summed E-state index contributed by atoms with van der Waals surface area (Å²) < 4.78 is 32.5. The predicted molar refractivity (Wildman–Crippen MR) is 147 cm³/mol. The number of fused-ring (bicyclic) bond motifs is 1. The summed E-state index contributed by atoms with van der Waals surface area (Å²) >= 11 is 0. The molecule has 4 rings (SSSR count). The van der Waals surface area contributed by atoms with E-state index in [-0.39, 0.29) is 23.6 Å². The number of sulfone groups is 1. The third kappa shape index (κ3) is 7.14. The average Bonchev–Trinajstić information content (AvgIpc) is 3.40. The van der Waals surface area contributed by atoms with Gasteiger partial charge in [-0.15, -0.1) is 0 Å². The van der Waals surface area contributed by atoms with Crippen LogP contribution in [0.5, 0.6) is 0 Å². The van der Waals surface area contributed by atoms with Crippen LogP contribution in [0.4, 0.5) is 0 Å². The first-order valence-electron chi connectivity index (χ1n) is 12.8. The first-order chi connectivity index (χ1) is 19.3. The van der Waals surface area contributed by atoms with Crippen molar-refractivity contribution in [1.82, 2.24) is 25.6 Å². The number of hydrogen-bond acceptors (Lipinski definition) is 9. The van der Waals surface area contributed by atoms with E-state index in [1.807, 2.05) is 6.92 Å². The number of benzene rings is 1. The molecule has 2 atom stereocenters. The van der Waals surface area contributed by atoms with Crippen LogP contribution in [0.15, 0.2) is 77.6 Å². The Bertz CT molecular complexity index is 1540. The molecule has 0 saturated heterocycles. The second-order valence-corrected chi connectivity index (χ2v) is 11.3. The number of amides is 2. The van der Waals surface area contributed by atoms with Crippen molar-refractivity contribution in [2.75, 3.05) is 6.54 Å². The molecule has 208 valence electrons. The van der Waals surface area contributed by atoms with Crippen LogP contribution in [0.2, 0.25) is 0 Å². The minimum absolute atomic E-state index is 0.179. The number of hydrogen-bond donors (Lipinski definition) is 2. The topological polar surface area (TPSA) is 161 Å². The zero-order valence-electron chi connectivity index (χ0n) is 21.8. The number of pyridine rings is 2. The molecule has 0 saturated carbocycles. The van der Waals surface area contributed by atoms with Gasteiger partial charge in [0.2, 0.25) is 11.7 Å². The Morgan fingerprint density at radius 1 is 0.975 bits per heavy atom. The lowest BCUT2D eigenvalue weighted by Crippen LogP contribution is -2.52. The van der Waals surface area contributed by atoms with Crippen LogP contribution in [-0.4, -0.2) is 58.8 Å². The van der Waals surface area contributed by atoms with E-state index in [1.54, 1.807) is 36.4 Å². The van der Waals surface area contributed by atoms with Gasteiger partial charge in [0.05, 0.1) is 17.5 Å². The zero-order valence-corrected chi connectivity index (χ0v) is 22.6. The molecule has 1 aromatic carbocycles. The fraction of sp³-hybridized carbons (Fsp3) is 0.286. The molecule has 0 spiro atoms. The van der Waals surface area contributed by atoms with Crippen LogP contribution in [0.25, 0.3) is 11.1 Å². The van der Waals surface area contributed by atoms with Crippen LogP contribution < -0.4 is 10.6 Å². The number of aromatic nitrogens is 3. The maximum atomic E-state index is 13.5. The van der Waals surface area contributed by atoms with E-state index < -0.39 is 51.0 Å². The van der Waals surface area contributed by atoms with Crippen LogP contribution in [-0.2, 0) is 20.4 Å². The Labute approximate surface area is 231 Å². The number of para-hydroxylation sites is 2. The van der Waals surface area contributed by atoms with E-state index in [4.69, 9.17) is 4.42 Å². The van der Waals surface area contributed by atoms with Crippen LogP contribution in [0, 0.1) is 0 Å². The minimum atomic E-state index is -4.18. The summed E-state index contributed by atoms with van der Waals surface area (Å²) in [6.07, 6.45) is 5.86. The number of nitrogens with zero attached hydrogens (tertiary/aromatic N) is 3. The predicted octanol–water partition coefficient (Wildman–Crippen LogP) is 2.89. The monoisotopic (exact) mass is 563 g/mol. The molecular formula is C28H29N5O6S. The van der Waals surface area contributed by atoms with Crippen molar-refractivity contribution in [3.05, 3.63) is 90.3 Å². The largest absolute Gasteiger partial charge is 0.434 e. The number of unbranched alkanes of at least 4 members (excludes halogenated alkanes) is 1. The number of carbonyl (C=O) groups is 3. The Morgan fingerprint density at radius 3 is 2.42 bits per heavy atom. The van der Waals surface area contributed by atoms with Crippen molar-refractivity contribution >= 4 is 38.5 Å². The van der Waals surface area contributed by atoms with Crippen molar-refractivity contribution < 1.29 is 27.2 Å². The molecular weight excluding hydrogens is 534 g/mol. The summed E-state index contributed by atoms with van der Waals surface area (Å²) in [7, 11) is -4.18. The van der Waals surface area contributed by atoms with Gasteiger partial charge in [0, 0.05) is 30.7 Å². The Kier molecular flexibility index (Phi) is 9.33. The highest BCUT2D eigenvalue weighted by Crippen LogP contribution is 2.18. The molecule has 12 heteroatoms. The standard InChI is InChI=1S/C28H29N5O6S/c1-2-3-9-22(25(34)28-33-21-10-4-5-11-23(21)39-28)32-27(36)24(17-31-26(35)19-12-15-29-16-13-19)40(37,38)18-20-8-6-7-14-30-20/h4-8,10-16,22,24H,2-3,9,17-18H2,1H3,(H,31,35)(H,32,36). The molecule has 3 heterocycles. The van der Waals surface area contributed by atoms with Gasteiger partial charge in [-0.2, -0.15) is 0 Å². The molecule has 11 nitrogen and oxygen atoms in total. The molecule has 40 heavy (non-hydrogen) atoms. The number of oxazole rings is 1. The van der Waals surface area contributed by atoms with E-state index in [2.05, 4.69) is 25.6 Å². The van der Waals surface area contributed by atoms with Gasteiger partial charge in [-0.25, -0.2) is 13.4 Å². The van der Waals surface area contributed by atoms with E-state index >= 15 is 0 Å². The maximum absolute atomic E-state index is 13.5. The summed E-state index contributed by atoms with van der Waals surface area (Å²) in [6, 6.07) is 13.5. The van der Waals surface area contributed by atoms with Crippen LogP contribution in [0.3, 0.4) is 0 Å². The smallest absolute Gasteiger partial charge is 0.266 e. The summed E-state index contributed by atoms with van der Waals surface area (Å²) in [6.45, 7) is 1.41. The number of carbonyl (C=O) groups excluding carboxylic acids is 3. The normalized spacial score (nSPS) is 12.9. The molecule has 0 aliphatic carbocycles. The van der Waals surface area contributed by atoms with Gasteiger partial charge in [-0.3, -0.25) is 24.4 Å². The Hall–Kier alpha value is -4.45. The third-order valence-corrected chi connectivity index (χ3v) is 8.12. The van der Waals surface area contributed by atoms with Crippen molar-refractivity contribution in [1.29, 1.82) is 0 Å². The Morgan fingerprint density at radius 2 is 1.73 bits per heavy atom. The number of nitrogens with one attached hydrogen (secondary N) is 2. The third-order valence-electron chi connectivity index (χ3n) is 6.18. The zero-order chi connectivity index (χ0) is 28.5. The fourth-order valence-electron chi connectivity index (χ4n) is 4.03. The SMILES string of the molecule is CCCCC(NC(=O)C(CNC(=O)c1ccncc1)S(=O)(=O)Cc1ccccn1)C(=O)c1nc2ccccc2o1. The van der Waals surface area contributed by atoms with Gasteiger partial charge in [0.1, 0.15) is 5.52 Å². The number of Topliss-reactive ketones (excluding diaryl/α,β-unsaturated/α-hetero) is 1. The number of ketones is 1. The average molecular weight is 564 g/mol. The van der Waals surface area contributed by atoms with E-state index in [9.17, 15) is 22.8 Å². The van der Waals surface area contributed by atoms with E-state index in [0.29, 0.717) is 17.5 Å².